The first-order chi connectivity index (χ1) is 13.8. The molecule has 2 aromatic rings. The maximum Gasteiger partial charge on any atom is 0.229 e. The van der Waals surface area contributed by atoms with Crippen molar-refractivity contribution in [2.45, 2.75) is 64.3 Å². The van der Waals surface area contributed by atoms with Gasteiger partial charge in [0.25, 0.3) is 0 Å². The van der Waals surface area contributed by atoms with Gasteiger partial charge in [0.1, 0.15) is 5.82 Å². The molecule has 4 rings (SSSR count). The fraction of sp³-hybridized carbons (Fsp3) is 0.522. The molecule has 2 heterocycles. The highest BCUT2D eigenvalue weighted by atomic mass is 15.3. The molecule has 1 N–H and O–H groups in total. The van der Waals surface area contributed by atoms with Crippen LogP contribution >= 0.6 is 0 Å². The van der Waals surface area contributed by atoms with Crippen molar-refractivity contribution in [2.24, 2.45) is 5.92 Å². The van der Waals surface area contributed by atoms with Crippen molar-refractivity contribution in [3.05, 3.63) is 41.6 Å². The van der Waals surface area contributed by atoms with Crippen molar-refractivity contribution in [1.82, 2.24) is 9.97 Å². The Labute approximate surface area is 167 Å². The lowest BCUT2D eigenvalue weighted by atomic mass is 9.78. The van der Waals surface area contributed by atoms with Crippen LogP contribution in [0, 0.1) is 17.2 Å². The second-order valence-corrected chi connectivity index (χ2v) is 8.06. The van der Waals surface area contributed by atoms with Crippen molar-refractivity contribution >= 4 is 17.5 Å². The van der Waals surface area contributed by atoms with Crippen LogP contribution in [0.15, 0.2) is 30.3 Å². The van der Waals surface area contributed by atoms with Crippen molar-refractivity contribution in [3.8, 4) is 6.07 Å². The normalized spacial score (nSPS) is 21.6. The number of fused-ring (bicyclic) bond motifs is 1. The van der Waals surface area contributed by atoms with Gasteiger partial charge in [-0.15, -0.1) is 0 Å². The lowest BCUT2D eigenvalue weighted by molar-refractivity contribution is 0.242. The molecule has 1 saturated carbocycles. The van der Waals surface area contributed by atoms with E-state index in [4.69, 9.17) is 15.2 Å². The van der Waals surface area contributed by atoms with Crippen LogP contribution in [0.4, 0.5) is 17.5 Å². The van der Waals surface area contributed by atoms with Crippen LogP contribution in [0.2, 0.25) is 0 Å². The molecule has 5 nitrogen and oxygen atoms in total. The van der Waals surface area contributed by atoms with E-state index in [-0.39, 0.29) is 0 Å². The van der Waals surface area contributed by atoms with Crippen LogP contribution in [0.3, 0.4) is 0 Å². The SMILES string of the molecule is CCCc1cc(N2CCCC3CCCCC32)nc(Nc2cccc(C#N)c2)n1. The van der Waals surface area contributed by atoms with Gasteiger partial charge in [-0.3, -0.25) is 0 Å². The van der Waals surface area contributed by atoms with E-state index in [0.717, 1.165) is 42.5 Å². The molecule has 2 aliphatic rings. The number of rotatable bonds is 5. The number of nitrogens with zero attached hydrogens (tertiary/aromatic N) is 4. The first kappa shape index (κ1) is 18.7. The van der Waals surface area contributed by atoms with Crippen LogP contribution in [0.1, 0.15) is 63.1 Å². The largest absolute Gasteiger partial charge is 0.353 e. The van der Waals surface area contributed by atoms with Gasteiger partial charge in [0, 0.05) is 30.0 Å². The van der Waals surface area contributed by atoms with Gasteiger partial charge in [0.15, 0.2) is 0 Å². The third-order valence-electron chi connectivity index (χ3n) is 6.06. The topological polar surface area (TPSA) is 64.8 Å². The van der Waals surface area contributed by atoms with Gasteiger partial charge >= 0.3 is 0 Å². The predicted molar refractivity (Wildman–Crippen MR) is 113 cm³/mol. The van der Waals surface area contributed by atoms with E-state index in [1.54, 1.807) is 0 Å². The molecular weight excluding hydrogens is 346 g/mol. The Hall–Kier alpha value is -2.61. The van der Waals surface area contributed by atoms with Gasteiger partial charge in [0.2, 0.25) is 5.95 Å². The maximum absolute atomic E-state index is 9.15. The van der Waals surface area contributed by atoms with Gasteiger partial charge in [-0.25, -0.2) is 4.98 Å². The monoisotopic (exact) mass is 375 g/mol. The summed E-state index contributed by atoms with van der Waals surface area (Å²) < 4.78 is 0. The second-order valence-electron chi connectivity index (χ2n) is 8.06. The fourth-order valence-electron chi connectivity index (χ4n) is 4.78. The van der Waals surface area contributed by atoms with E-state index in [1.807, 2.05) is 24.3 Å². The number of nitrogens with one attached hydrogen (secondary N) is 1. The third kappa shape index (κ3) is 4.11. The Morgan fingerprint density at radius 3 is 2.86 bits per heavy atom. The summed E-state index contributed by atoms with van der Waals surface area (Å²) in [6, 6.07) is 12.5. The summed E-state index contributed by atoms with van der Waals surface area (Å²) in [6.45, 7) is 3.27. The van der Waals surface area contributed by atoms with Crippen molar-refractivity contribution in [1.29, 1.82) is 5.26 Å². The lowest BCUT2D eigenvalue weighted by Crippen LogP contribution is -2.47. The molecule has 1 saturated heterocycles. The Bertz CT molecular complexity index is 854. The molecule has 2 fully saturated rings. The van der Waals surface area contributed by atoms with Crippen LogP contribution in [0.5, 0.6) is 0 Å². The minimum absolute atomic E-state index is 0.627. The Morgan fingerprint density at radius 2 is 2.00 bits per heavy atom. The molecule has 0 spiro atoms. The molecule has 2 atom stereocenters. The lowest BCUT2D eigenvalue weighted by Gasteiger charge is -2.44. The molecule has 28 heavy (non-hydrogen) atoms. The number of benzene rings is 1. The summed E-state index contributed by atoms with van der Waals surface area (Å²) in [7, 11) is 0. The molecule has 0 bridgehead atoms. The highest BCUT2D eigenvalue weighted by Crippen LogP contribution is 2.37. The Morgan fingerprint density at radius 1 is 1.14 bits per heavy atom. The predicted octanol–water partition coefficient (Wildman–Crippen LogP) is 5.20. The van der Waals surface area contributed by atoms with Crippen LogP contribution in [0.25, 0.3) is 0 Å². The molecule has 2 unspecified atom stereocenters. The van der Waals surface area contributed by atoms with Gasteiger partial charge in [0.05, 0.1) is 11.6 Å². The van der Waals surface area contributed by atoms with Crippen molar-refractivity contribution in [2.75, 3.05) is 16.8 Å². The number of anilines is 3. The molecule has 146 valence electrons. The Kier molecular flexibility index (Phi) is 5.76. The zero-order valence-electron chi connectivity index (χ0n) is 16.7. The zero-order chi connectivity index (χ0) is 19.3. The number of aromatic nitrogens is 2. The third-order valence-corrected chi connectivity index (χ3v) is 6.06. The van der Waals surface area contributed by atoms with Crippen molar-refractivity contribution < 1.29 is 0 Å². The molecular formula is C23H29N5. The first-order valence-corrected chi connectivity index (χ1v) is 10.7. The minimum atomic E-state index is 0.627. The summed E-state index contributed by atoms with van der Waals surface area (Å²) in [5, 5.41) is 12.5. The Balaban J connectivity index is 1.64. The quantitative estimate of drug-likeness (QED) is 0.778. The van der Waals surface area contributed by atoms with Gasteiger partial charge < -0.3 is 10.2 Å². The number of nitriles is 1. The van der Waals surface area contributed by atoms with Gasteiger partial charge in [-0.1, -0.05) is 32.3 Å². The number of aryl methyl sites for hydroxylation is 1. The molecule has 0 radical (unpaired) electrons. The zero-order valence-corrected chi connectivity index (χ0v) is 16.7. The molecule has 0 amide bonds. The molecule has 5 heteroatoms. The van der Waals surface area contributed by atoms with Gasteiger partial charge in [-0.2, -0.15) is 10.2 Å². The molecule has 1 aromatic heterocycles. The van der Waals surface area contributed by atoms with E-state index in [9.17, 15) is 0 Å². The van der Waals surface area contributed by atoms with Crippen molar-refractivity contribution in [3.63, 3.8) is 0 Å². The van der Waals surface area contributed by atoms with Gasteiger partial charge in [-0.05, 0) is 56.2 Å². The van der Waals surface area contributed by atoms with E-state index in [0.29, 0.717) is 17.6 Å². The molecule has 1 aromatic carbocycles. The van der Waals surface area contributed by atoms with E-state index in [1.165, 1.54) is 38.5 Å². The average molecular weight is 376 g/mol. The van der Waals surface area contributed by atoms with E-state index < -0.39 is 0 Å². The maximum atomic E-state index is 9.15. The fourth-order valence-corrected chi connectivity index (χ4v) is 4.78. The minimum Gasteiger partial charge on any atom is -0.353 e. The van der Waals surface area contributed by atoms with E-state index in [2.05, 4.69) is 29.3 Å². The highest BCUT2D eigenvalue weighted by molar-refractivity contribution is 5.58. The summed E-state index contributed by atoms with van der Waals surface area (Å²) in [5.41, 5.74) is 2.58. The number of piperidine rings is 1. The summed E-state index contributed by atoms with van der Waals surface area (Å²) in [4.78, 5) is 12.2. The van der Waals surface area contributed by atoms with Crippen LogP contribution in [-0.2, 0) is 6.42 Å². The second kappa shape index (κ2) is 8.60. The summed E-state index contributed by atoms with van der Waals surface area (Å²) >= 11 is 0. The number of hydrogen-bond donors (Lipinski definition) is 1. The highest BCUT2D eigenvalue weighted by Gasteiger charge is 2.34. The smallest absolute Gasteiger partial charge is 0.229 e. The summed E-state index contributed by atoms with van der Waals surface area (Å²) in [6.07, 6.45) is 9.97. The molecule has 1 aliphatic heterocycles. The number of hydrogen-bond acceptors (Lipinski definition) is 5. The van der Waals surface area contributed by atoms with Crippen LogP contribution < -0.4 is 10.2 Å². The first-order valence-electron chi connectivity index (χ1n) is 10.7. The molecule has 1 aliphatic carbocycles. The standard InChI is InChI=1S/C23H29N5/c1-2-7-19-15-22(28-13-6-10-18-9-3-4-12-21(18)28)27-23(25-19)26-20-11-5-8-17(14-20)16-24/h5,8,11,14-15,18,21H,2-4,6-7,9-10,12-13H2,1H3,(H,25,26,27). The van der Waals surface area contributed by atoms with Crippen LogP contribution in [-0.4, -0.2) is 22.6 Å². The summed E-state index contributed by atoms with van der Waals surface area (Å²) in [5.74, 6) is 2.51. The van der Waals surface area contributed by atoms with E-state index >= 15 is 0 Å². The average Bonchev–Trinajstić information content (AvgIpc) is 2.73.